The standard InChI is InChI=1S/C12H9N3O4S/c1-7-4-10(15(18)19)11(14-6-7)20-8-2-3-13-9(5-8)12(16)17/h2-6H,1H3,(H,16,17). The van der Waals surface area contributed by atoms with Gasteiger partial charge in [-0.1, -0.05) is 11.8 Å². The van der Waals surface area contributed by atoms with Crippen LogP contribution in [0.1, 0.15) is 16.1 Å². The summed E-state index contributed by atoms with van der Waals surface area (Å²) in [5.74, 6) is -1.15. The number of aromatic nitrogens is 2. The van der Waals surface area contributed by atoms with Gasteiger partial charge in [-0.15, -0.1) is 0 Å². The molecule has 2 aromatic rings. The molecule has 0 radical (unpaired) electrons. The second kappa shape index (κ2) is 5.66. The Labute approximate surface area is 117 Å². The molecule has 8 heteroatoms. The third-order valence-electron chi connectivity index (χ3n) is 2.33. The molecule has 0 aliphatic heterocycles. The van der Waals surface area contributed by atoms with Crippen molar-refractivity contribution in [3.63, 3.8) is 0 Å². The van der Waals surface area contributed by atoms with Gasteiger partial charge < -0.3 is 5.11 Å². The van der Waals surface area contributed by atoms with Crippen molar-refractivity contribution >= 4 is 23.4 Å². The van der Waals surface area contributed by atoms with Crippen LogP contribution in [0.15, 0.2) is 40.5 Å². The number of aromatic carboxylic acids is 1. The van der Waals surface area contributed by atoms with Crippen LogP contribution in [0.2, 0.25) is 0 Å². The molecular formula is C12H9N3O4S. The van der Waals surface area contributed by atoms with Crippen molar-refractivity contribution in [2.24, 2.45) is 0 Å². The zero-order valence-corrected chi connectivity index (χ0v) is 11.1. The van der Waals surface area contributed by atoms with E-state index in [-0.39, 0.29) is 16.4 Å². The molecule has 0 amide bonds. The van der Waals surface area contributed by atoms with Gasteiger partial charge in [0.1, 0.15) is 5.69 Å². The first-order chi connectivity index (χ1) is 9.47. The number of hydrogen-bond acceptors (Lipinski definition) is 6. The van der Waals surface area contributed by atoms with Crippen LogP contribution in [-0.4, -0.2) is 26.0 Å². The number of nitrogens with zero attached hydrogens (tertiary/aromatic N) is 3. The number of hydrogen-bond donors (Lipinski definition) is 1. The van der Waals surface area contributed by atoms with Crippen LogP contribution >= 0.6 is 11.8 Å². The minimum absolute atomic E-state index is 0.108. The van der Waals surface area contributed by atoms with E-state index in [2.05, 4.69) is 9.97 Å². The molecule has 0 aliphatic carbocycles. The third kappa shape index (κ3) is 3.09. The second-order valence-electron chi connectivity index (χ2n) is 3.88. The quantitative estimate of drug-likeness (QED) is 0.681. The third-order valence-corrected chi connectivity index (χ3v) is 3.33. The average Bonchev–Trinajstić information content (AvgIpc) is 2.41. The minimum Gasteiger partial charge on any atom is -0.477 e. The first-order valence-electron chi connectivity index (χ1n) is 5.45. The highest BCUT2D eigenvalue weighted by molar-refractivity contribution is 7.99. The van der Waals surface area contributed by atoms with Gasteiger partial charge in [0.25, 0.3) is 0 Å². The van der Waals surface area contributed by atoms with Crippen molar-refractivity contribution in [1.29, 1.82) is 0 Å². The molecule has 0 atom stereocenters. The van der Waals surface area contributed by atoms with Gasteiger partial charge in [-0.2, -0.15) is 0 Å². The normalized spacial score (nSPS) is 10.2. The van der Waals surface area contributed by atoms with E-state index in [1.165, 1.54) is 24.5 Å². The van der Waals surface area contributed by atoms with Gasteiger partial charge in [0, 0.05) is 23.4 Å². The number of aryl methyl sites for hydroxylation is 1. The average molecular weight is 291 g/mol. The Hall–Kier alpha value is -2.48. The highest BCUT2D eigenvalue weighted by Gasteiger charge is 2.17. The predicted octanol–water partition coefficient (Wildman–Crippen LogP) is 2.54. The molecule has 2 heterocycles. The molecule has 0 aliphatic rings. The summed E-state index contributed by atoms with van der Waals surface area (Å²) in [5, 5.41) is 20.1. The molecule has 1 N–H and O–H groups in total. The fourth-order valence-electron chi connectivity index (χ4n) is 1.45. The Kier molecular flexibility index (Phi) is 3.94. The summed E-state index contributed by atoms with van der Waals surface area (Å²) in [4.78, 5) is 29.5. The van der Waals surface area contributed by atoms with E-state index in [9.17, 15) is 14.9 Å². The number of carboxylic acid groups (broad SMARTS) is 1. The number of carbonyl (C=O) groups is 1. The van der Waals surface area contributed by atoms with Crippen LogP contribution in [0.5, 0.6) is 0 Å². The first-order valence-corrected chi connectivity index (χ1v) is 6.27. The van der Waals surface area contributed by atoms with Crippen molar-refractivity contribution < 1.29 is 14.8 Å². The molecule has 0 spiro atoms. The van der Waals surface area contributed by atoms with Gasteiger partial charge in [0.2, 0.25) is 0 Å². The van der Waals surface area contributed by atoms with Crippen LogP contribution in [-0.2, 0) is 0 Å². The van der Waals surface area contributed by atoms with E-state index >= 15 is 0 Å². The van der Waals surface area contributed by atoms with Crippen LogP contribution in [0.3, 0.4) is 0 Å². The summed E-state index contributed by atoms with van der Waals surface area (Å²) in [5.41, 5.74) is 0.454. The molecule has 2 aromatic heterocycles. The molecule has 20 heavy (non-hydrogen) atoms. The van der Waals surface area contributed by atoms with E-state index in [0.29, 0.717) is 10.5 Å². The van der Waals surface area contributed by atoms with E-state index in [1.807, 2.05) is 0 Å². The molecule has 0 saturated heterocycles. The van der Waals surface area contributed by atoms with Crippen LogP contribution in [0, 0.1) is 17.0 Å². The lowest BCUT2D eigenvalue weighted by molar-refractivity contribution is -0.388. The maximum Gasteiger partial charge on any atom is 0.354 e. The number of pyridine rings is 2. The zero-order valence-electron chi connectivity index (χ0n) is 10.3. The van der Waals surface area contributed by atoms with Gasteiger partial charge in [0.05, 0.1) is 4.92 Å². The number of carboxylic acids is 1. The second-order valence-corrected chi connectivity index (χ2v) is 4.94. The van der Waals surface area contributed by atoms with Gasteiger partial charge in [0.15, 0.2) is 5.03 Å². The summed E-state index contributed by atoms with van der Waals surface area (Å²) in [7, 11) is 0. The minimum atomic E-state index is -1.15. The van der Waals surface area contributed by atoms with Gasteiger partial charge in [-0.3, -0.25) is 10.1 Å². The lowest BCUT2D eigenvalue weighted by Gasteiger charge is -2.03. The molecule has 0 saturated carbocycles. The molecule has 102 valence electrons. The Balaban J connectivity index is 2.37. The molecule has 0 aromatic carbocycles. The maximum atomic E-state index is 11.0. The lowest BCUT2D eigenvalue weighted by atomic mass is 10.3. The van der Waals surface area contributed by atoms with Crippen molar-refractivity contribution in [3.8, 4) is 0 Å². The SMILES string of the molecule is Cc1cnc(Sc2ccnc(C(=O)O)c2)c([N+](=O)[O-])c1. The highest BCUT2D eigenvalue weighted by atomic mass is 32.2. The van der Waals surface area contributed by atoms with Gasteiger partial charge >= 0.3 is 11.7 Å². The van der Waals surface area contributed by atoms with E-state index in [1.54, 1.807) is 13.0 Å². The Bertz CT molecular complexity index is 690. The largest absolute Gasteiger partial charge is 0.477 e. The molecule has 7 nitrogen and oxygen atoms in total. The highest BCUT2D eigenvalue weighted by Crippen LogP contribution is 2.33. The molecular weight excluding hydrogens is 282 g/mol. The lowest BCUT2D eigenvalue weighted by Crippen LogP contribution is -1.99. The van der Waals surface area contributed by atoms with Crippen molar-refractivity contribution in [2.45, 2.75) is 16.8 Å². The van der Waals surface area contributed by atoms with Crippen molar-refractivity contribution in [2.75, 3.05) is 0 Å². The molecule has 0 bridgehead atoms. The summed E-state index contributed by atoms with van der Waals surface area (Å²) in [6.07, 6.45) is 2.86. The van der Waals surface area contributed by atoms with Crippen molar-refractivity contribution in [3.05, 3.63) is 52.0 Å². The van der Waals surface area contributed by atoms with Crippen LogP contribution < -0.4 is 0 Å². The summed E-state index contributed by atoms with van der Waals surface area (Å²) in [6.45, 7) is 1.71. The fourth-order valence-corrected chi connectivity index (χ4v) is 2.32. The summed E-state index contributed by atoms with van der Waals surface area (Å²) >= 11 is 1.03. The van der Waals surface area contributed by atoms with Crippen LogP contribution in [0.4, 0.5) is 5.69 Å². The Morgan fingerprint density at radius 3 is 2.80 bits per heavy atom. The zero-order chi connectivity index (χ0) is 14.7. The smallest absolute Gasteiger partial charge is 0.354 e. The van der Waals surface area contributed by atoms with E-state index in [4.69, 9.17) is 5.11 Å². The molecule has 0 unspecified atom stereocenters. The van der Waals surface area contributed by atoms with Crippen LogP contribution in [0.25, 0.3) is 0 Å². The fraction of sp³-hybridized carbons (Fsp3) is 0.0833. The Morgan fingerprint density at radius 1 is 1.40 bits per heavy atom. The number of nitro groups is 1. The summed E-state index contributed by atoms with van der Waals surface area (Å²) in [6, 6.07) is 4.34. The first kappa shape index (κ1) is 13.9. The van der Waals surface area contributed by atoms with E-state index in [0.717, 1.165) is 11.8 Å². The van der Waals surface area contributed by atoms with Crippen molar-refractivity contribution in [1.82, 2.24) is 9.97 Å². The number of rotatable bonds is 4. The molecule has 2 rings (SSSR count). The topological polar surface area (TPSA) is 106 Å². The maximum absolute atomic E-state index is 11.0. The van der Waals surface area contributed by atoms with Gasteiger partial charge in [-0.05, 0) is 24.6 Å². The van der Waals surface area contributed by atoms with E-state index < -0.39 is 10.9 Å². The monoisotopic (exact) mass is 291 g/mol. The predicted molar refractivity (Wildman–Crippen MR) is 70.9 cm³/mol. The molecule has 0 fully saturated rings. The Morgan fingerprint density at radius 2 is 2.15 bits per heavy atom. The summed E-state index contributed by atoms with van der Waals surface area (Å²) < 4.78 is 0. The van der Waals surface area contributed by atoms with Gasteiger partial charge in [-0.25, -0.2) is 14.8 Å².